The van der Waals surface area contributed by atoms with E-state index >= 15 is 0 Å². The molecule has 2 unspecified atom stereocenters. The lowest BCUT2D eigenvalue weighted by Crippen LogP contribution is -2.38. The zero-order valence-corrected chi connectivity index (χ0v) is 13.2. The molecular weight excluding hydrogens is 314 g/mol. The van der Waals surface area contributed by atoms with Gasteiger partial charge in [0.25, 0.3) is 0 Å². The second-order valence-corrected chi connectivity index (χ2v) is 6.49. The van der Waals surface area contributed by atoms with Crippen LogP contribution < -0.4 is 5.32 Å². The molecule has 0 saturated carbocycles. The number of benzene rings is 1. The van der Waals surface area contributed by atoms with Gasteiger partial charge in [-0.3, -0.25) is 4.21 Å². The lowest BCUT2D eigenvalue weighted by molar-refractivity contribution is 0.173. The van der Waals surface area contributed by atoms with E-state index in [0.29, 0.717) is 12.4 Å². The predicted octanol–water partition coefficient (Wildman–Crippen LogP) is 2.57. The Labute approximate surface area is 120 Å². The molecule has 3 nitrogen and oxygen atoms in total. The van der Waals surface area contributed by atoms with Crippen molar-refractivity contribution in [1.29, 1.82) is 0 Å². The second-order valence-electron chi connectivity index (χ2n) is 4.08. The number of methoxy groups -OCH3 is 1. The van der Waals surface area contributed by atoms with Crippen LogP contribution in [0, 0.1) is 0 Å². The molecule has 0 amide bonds. The lowest BCUT2D eigenvalue weighted by Gasteiger charge is -2.17. The molecule has 0 aromatic heterocycles. The van der Waals surface area contributed by atoms with Gasteiger partial charge in [0.2, 0.25) is 0 Å². The van der Waals surface area contributed by atoms with Gasteiger partial charge in [0, 0.05) is 28.3 Å². The summed E-state index contributed by atoms with van der Waals surface area (Å²) in [4.78, 5) is 0.851. The van der Waals surface area contributed by atoms with E-state index in [1.165, 1.54) is 0 Å². The van der Waals surface area contributed by atoms with Gasteiger partial charge in [-0.2, -0.15) is 0 Å². The van der Waals surface area contributed by atoms with Gasteiger partial charge < -0.3 is 10.1 Å². The molecule has 0 saturated heterocycles. The fourth-order valence-corrected chi connectivity index (χ4v) is 3.41. The number of hydrogen-bond donors (Lipinski definition) is 1. The minimum absolute atomic E-state index is 0.134. The fraction of sp³-hybridized carbons (Fsp3) is 0.538. The van der Waals surface area contributed by atoms with Crippen LogP contribution in [-0.4, -0.2) is 36.3 Å². The van der Waals surface area contributed by atoms with Gasteiger partial charge in [-0.15, -0.1) is 0 Å². The Morgan fingerprint density at radius 1 is 1.50 bits per heavy atom. The molecule has 0 fully saturated rings. The zero-order chi connectivity index (χ0) is 13.4. The summed E-state index contributed by atoms with van der Waals surface area (Å²) in [7, 11) is 0.668. The third-order valence-corrected chi connectivity index (χ3v) is 4.44. The Kier molecular flexibility index (Phi) is 7.74. The number of ether oxygens (including phenoxy) is 1. The van der Waals surface area contributed by atoms with Gasteiger partial charge in [0.15, 0.2) is 0 Å². The normalized spacial score (nSPS) is 14.4. The molecule has 1 aromatic rings. The third kappa shape index (κ3) is 5.61. The zero-order valence-electron chi connectivity index (χ0n) is 10.8. The summed E-state index contributed by atoms with van der Waals surface area (Å²) in [6.07, 6.45) is 1.06. The van der Waals surface area contributed by atoms with Gasteiger partial charge >= 0.3 is 0 Å². The molecule has 0 aliphatic rings. The molecule has 18 heavy (non-hydrogen) atoms. The average Bonchev–Trinajstić information content (AvgIpc) is 2.36. The van der Waals surface area contributed by atoms with Crippen molar-refractivity contribution < 1.29 is 8.95 Å². The maximum Gasteiger partial charge on any atom is 0.0624 e. The van der Waals surface area contributed by atoms with E-state index in [0.717, 1.165) is 22.3 Å². The average molecular weight is 334 g/mol. The van der Waals surface area contributed by atoms with E-state index in [4.69, 9.17) is 4.74 Å². The third-order valence-electron chi connectivity index (χ3n) is 2.46. The van der Waals surface area contributed by atoms with Crippen molar-refractivity contribution in [1.82, 2.24) is 5.32 Å². The van der Waals surface area contributed by atoms with E-state index in [9.17, 15) is 4.21 Å². The Bertz CT molecular complexity index is 387. The van der Waals surface area contributed by atoms with Crippen molar-refractivity contribution in [3.8, 4) is 0 Å². The van der Waals surface area contributed by atoms with Gasteiger partial charge in [-0.05, 0) is 31.2 Å². The van der Waals surface area contributed by atoms with Gasteiger partial charge in [0.1, 0.15) is 0 Å². The molecule has 1 rings (SSSR count). The van der Waals surface area contributed by atoms with Crippen LogP contribution in [-0.2, 0) is 15.5 Å². The highest BCUT2D eigenvalue weighted by Gasteiger charge is 2.13. The summed E-state index contributed by atoms with van der Waals surface area (Å²) in [5.74, 6) is 0.574. The van der Waals surface area contributed by atoms with Crippen molar-refractivity contribution in [3.63, 3.8) is 0 Å². The summed E-state index contributed by atoms with van der Waals surface area (Å²) in [5, 5.41) is 3.36. The largest absolute Gasteiger partial charge is 0.383 e. The minimum atomic E-state index is -1.00. The van der Waals surface area contributed by atoms with Crippen molar-refractivity contribution in [3.05, 3.63) is 28.7 Å². The van der Waals surface area contributed by atoms with Crippen LogP contribution in [0.4, 0.5) is 0 Å². The maximum absolute atomic E-state index is 12.2. The quantitative estimate of drug-likeness (QED) is 0.794. The summed E-state index contributed by atoms with van der Waals surface area (Å²) in [5.41, 5.74) is 0. The minimum Gasteiger partial charge on any atom is -0.383 e. The van der Waals surface area contributed by atoms with Gasteiger partial charge in [-0.1, -0.05) is 28.9 Å². The topological polar surface area (TPSA) is 38.3 Å². The maximum atomic E-state index is 12.2. The molecule has 0 spiro atoms. The number of halogens is 1. The highest BCUT2D eigenvalue weighted by molar-refractivity contribution is 9.10. The van der Waals surface area contributed by atoms with Crippen molar-refractivity contribution in [2.45, 2.75) is 24.3 Å². The molecule has 0 bridgehead atoms. The number of nitrogens with one attached hydrogen (secondary N) is 1. The summed E-state index contributed by atoms with van der Waals surface area (Å²) in [6.45, 7) is 3.62. The van der Waals surface area contributed by atoms with Crippen LogP contribution in [0.5, 0.6) is 0 Å². The SMILES string of the molecule is CCCNC(COC)CS(=O)c1cccc(Br)c1. The first-order valence-electron chi connectivity index (χ1n) is 6.03. The highest BCUT2D eigenvalue weighted by atomic mass is 79.9. The number of hydrogen-bond acceptors (Lipinski definition) is 3. The first-order valence-corrected chi connectivity index (χ1v) is 8.14. The van der Waals surface area contributed by atoms with Crippen LogP contribution in [0.2, 0.25) is 0 Å². The Hall–Kier alpha value is -0.230. The van der Waals surface area contributed by atoms with Crippen molar-refractivity contribution >= 4 is 26.7 Å². The van der Waals surface area contributed by atoms with Crippen molar-refractivity contribution in [2.75, 3.05) is 26.0 Å². The summed E-state index contributed by atoms with van der Waals surface area (Å²) < 4.78 is 18.4. The Balaban J connectivity index is 2.59. The molecule has 1 aromatic carbocycles. The molecule has 5 heteroatoms. The fourth-order valence-electron chi connectivity index (χ4n) is 1.60. The van der Waals surface area contributed by atoms with Gasteiger partial charge in [0.05, 0.1) is 17.4 Å². The Morgan fingerprint density at radius 2 is 2.28 bits per heavy atom. The molecule has 0 heterocycles. The van der Waals surface area contributed by atoms with Crippen LogP contribution in [0.1, 0.15) is 13.3 Å². The van der Waals surface area contributed by atoms with E-state index in [-0.39, 0.29) is 6.04 Å². The smallest absolute Gasteiger partial charge is 0.0624 e. The molecule has 0 aliphatic carbocycles. The second kappa shape index (κ2) is 8.80. The molecule has 0 radical (unpaired) electrons. The van der Waals surface area contributed by atoms with E-state index in [1.807, 2.05) is 24.3 Å². The number of rotatable bonds is 8. The van der Waals surface area contributed by atoms with Crippen LogP contribution in [0.3, 0.4) is 0 Å². The first-order chi connectivity index (χ1) is 8.67. The standard InChI is InChI=1S/C13H20BrNO2S/c1-3-7-15-12(9-17-2)10-18(16)13-6-4-5-11(14)8-13/h4-6,8,12,15H,3,7,9-10H2,1-2H3. The van der Waals surface area contributed by atoms with E-state index in [2.05, 4.69) is 28.2 Å². The monoisotopic (exact) mass is 333 g/mol. The molecule has 0 aliphatic heterocycles. The lowest BCUT2D eigenvalue weighted by atomic mass is 10.3. The van der Waals surface area contributed by atoms with Crippen molar-refractivity contribution in [2.24, 2.45) is 0 Å². The summed E-state index contributed by atoms with van der Waals surface area (Å²) in [6, 6.07) is 7.77. The highest BCUT2D eigenvalue weighted by Crippen LogP contribution is 2.15. The summed E-state index contributed by atoms with van der Waals surface area (Å²) >= 11 is 3.39. The van der Waals surface area contributed by atoms with E-state index in [1.54, 1.807) is 7.11 Å². The Morgan fingerprint density at radius 3 is 2.89 bits per heavy atom. The van der Waals surface area contributed by atoms with Crippen LogP contribution in [0.25, 0.3) is 0 Å². The molecule has 1 N–H and O–H groups in total. The molecular formula is C13H20BrNO2S. The predicted molar refractivity (Wildman–Crippen MR) is 79.4 cm³/mol. The van der Waals surface area contributed by atoms with Crippen LogP contribution >= 0.6 is 15.9 Å². The van der Waals surface area contributed by atoms with Gasteiger partial charge in [-0.25, -0.2) is 0 Å². The molecule has 2 atom stereocenters. The first kappa shape index (κ1) is 15.8. The molecule has 102 valence electrons. The van der Waals surface area contributed by atoms with Crippen LogP contribution in [0.15, 0.2) is 33.6 Å². The van der Waals surface area contributed by atoms with E-state index < -0.39 is 10.8 Å².